The zero-order valence-electron chi connectivity index (χ0n) is 22.5. The fraction of sp³-hybridized carbons (Fsp3) is 0.448. The molecular weight excluding hydrogens is 494 g/mol. The van der Waals surface area contributed by atoms with Gasteiger partial charge in [-0.25, -0.2) is 4.79 Å². The molecule has 3 atom stereocenters. The normalized spacial score (nSPS) is 19.3. The number of tetrazole rings is 1. The van der Waals surface area contributed by atoms with E-state index in [1.165, 1.54) is 0 Å². The second-order valence-electron chi connectivity index (χ2n) is 10.3. The molecule has 204 valence electrons. The quantitative estimate of drug-likeness (QED) is 0.303. The zero-order chi connectivity index (χ0) is 27.4. The standard InChI is InChI=1S/C29H35N7O3/c1-3-5-10-21-18-36(26-19(4-2)9-8-13-25(26)28(37)38)29(39)35(21)17-20-16-30-15-14-22(20)23-11-6-7-12-24(23)27-31-33-34-32-27/h6-7,11-12,14-16,18-19,25-26H,3-5,8-10,13,17H2,1-2H3,(H,37,38)(H,31,32,33,34). The summed E-state index contributed by atoms with van der Waals surface area (Å²) in [5, 5.41) is 24.6. The highest BCUT2D eigenvalue weighted by Gasteiger charge is 2.39. The Bertz CT molecular complexity index is 1470. The molecule has 0 aliphatic heterocycles. The molecule has 10 heteroatoms. The van der Waals surface area contributed by atoms with Crippen LogP contribution in [0.5, 0.6) is 0 Å². The Balaban J connectivity index is 1.60. The number of nitrogens with one attached hydrogen (secondary N) is 1. The van der Waals surface area contributed by atoms with Crippen LogP contribution in [0, 0.1) is 11.8 Å². The molecule has 0 amide bonds. The molecule has 3 heterocycles. The van der Waals surface area contributed by atoms with Crippen LogP contribution in [0.15, 0.2) is 53.7 Å². The van der Waals surface area contributed by atoms with Gasteiger partial charge in [-0.1, -0.05) is 57.4 Å². The smallest absolute Gasteiger partial charge is 0.328 e. The van der Waals surface area contributed by atoms with Gasteiger partial charge in [0.1, 0.15) is 0 Å². The minimum atomic E-state index is -0.819. The highest BCUT2D eigenvalue weighted by molar-refractivity contribution is 5.81. The number of carboxylic acids is 1. The van der Waals surface area contributed by atoms with Crippen molar-refractivity contribution in [1.82, 2.24) is 34.7 Å². The first-order valence-electron chi connectivity index (χ1n) is 13.8. The number of aromatic nitrogens is 7. The molecule has 0 bridgehead atoms. The molecule has 2 N–H and O–H groups in total. The lowest BCUT2D eigenvalue weighted by Crippen LogP contribution is -2.40. The molecule has 1 saturated carbocycles. The fourth-order valence-corrected chi connectivity index (χ4v) is 6.07. The van der Waals surface area contributed by atoms with E-state index in [2.05, 4.69) is 39.5 Å². The number of carboxylic acid groups (broad SMARTS) is 1. The van der Waals surface area contributed by atoms with E-state index >= 15 is 0 Å². The summed E-state index contributed by atoms with van der Waals surface area (Å²) in [6.07, 6.45) is 11.4. The van der Waals surface area contributed by atoms with Gasteiger partial charge in [0.05, 0.1) is 18.5 Å². The van der Waals surface area contributed by atoms with Crippen molar-refractivity contribution in [2.75, 3.05) is 0 Å². The number of pyridine rings is 1. The van der Waals surface area contributed by atoms with Crippen molar-refractivity contribution >= 4 is 5.97 Å². The highest BCUT2D eigenvalue weighted by atomic mass is 16.4. The van der Waals surface area contributed by atoms with Crippen LogP contribution in [0.1, 0.15) is 69.7 Å². The first-order valence-corrected chi connectivity index (χ1v) is 13.8. The monoisotopic (exact) mass is 529 g/mol. The maximum absolute atomic E-state index is 14.1. The van der Waals surface area contributed by atoms with Gasteiger partial charge in [-0.05, 0) is 59.6 Å². The molecular formula is C29H35N7O3. The predicted octanol–water partition coefficient (Wildman–Crippen LogP) is 4.73. The van der Waals surface area contributed by atoms with Crippen molar-refractivity contribution in [3.63, 3.8) is 0 Å². The Morgan fingerprint density at radius 2 is 1.95 bits per heavy atom. The number of nitrogens with zero attached hydrogens (tertiary/aromatic N) is 6. The summed E-state index contributed by atoms with van der Waals surface area (Å²) >= 11 is 0. The lowest BCUT2D eigenvalue weighted by atomic mass is 9.75. The van der Waals surface area contributed by atoms with E-state index in [0.29, 0.717) is 18.8 Å². The van der Waals surface area contributed by atoms with E-state index in [4.69, 9.17) is 0 Å². The van der Waals surface area contributed by atoms with Gasteiger partial charge in [-0.15, -0.1) is 10.2 Å². The average molecular weight is 530 g/mol. The molecule has 1 aromatic carbocycles. The Morgan fingerprint density at radius 1 is 1.13 bits per heavy atom. The summed E-state index contributed by atoms with van der Waals surface area (Å²) in [7, 11) is 0. The highest BCUT2D eigenvalue weighted by Crippen LogP contribution is 2.40. The van der Waals surface area contributed by atoms with Gasteiger partial charge >= 0.3 is 11.7 Å². The number of H-pyrrole nitrogens is 1. The van der Waals surface area contributed by atoms with E-state index in [0.717, 1.165) is 66.5 Å². The lowest BCUT2D eigenvalue weighted by Gasteiger charge is -2.36. The molecule has 3 unspecified atom stereocenters. The molecule has 4 aromatic rings. The minimum Gasteiger partial charge on any atom is -0.481 e. The number of aryl methyl sites for hydroxylation is 1. The van der Waals surface area contributed by atoms with Gasteiger partial charge in [0.15, 0.2) is 0 Å². The van der Waals surface area contributed by atoms with Crippen LogP contribution in [0.25, 0.3) is 22.5 Å². The van der Waals surface area contributed by atoms with Crippen LogP contribution in [-0.4, -0.2) is 45.8 Å². The topological polar surface area (TPSA) is 132 Å². The Labute approximate surface area is 227 Å². The number of rotatable bonds is 10. The van der Waals surface area contributed by atoms with Crippen LogP contribution >= 0.6 is 0 Å². The maximum Gasteiger partial charge on any atom is 0.328 e. The third kappa shape index (κ3) is 5.28. The van der Waals surface area contributed by atoms with Gasteiger partial charge in [0.2, 0.25) is 5.82 Å². The van der Waals surface area contributed by atoms with Crippen LogP contribution < -0.4 is 5.69 Å². The van der Waals surface area contributed by atoms with E-state index in [1.54, 1.807) is 17.0 Å². The number of aliphatic carboxylic acids is 1. The zero-order valence-corrected chi connectivity index (χ0v) is 22.5. The van der Waals surface area contributed by atoms with E-state index in [9.17, 15) is 14.7 Å². The molecule has 0 spiro atoms. The van der Waals surface area contributed by atoms with Gasteiger partial charge in [0.25, 0.3) is 0 Å². The molecule has 1 fully saturated rings. The summed E-state index contributed by atoms with van der Waals surface area (Å²) in [6.45, 7) is 4.54. The van der Waals surface area contributed by atoms with Crippen molar-refractivity contribution in [2.45, 2.75) is 71.4 Å². The summed E-state index contributed by atoms with van der Waals surface area (Å²) in [4.78, 5) is 30.7. The van der Waals surface area contributed by atoms with Crippen LogP contribution in [0.4, 0.5) is 0 Å². The fourth-order valence-electron chi connectivity index (χ4n) is 6.07. The third-order valence-electron chi connectivity index (χ3n) is 8.06. The maximum atomic E-state index is 14.1. The Hall–Kier alpha value is -4.08. The third-order valence-corrected chi connectivity index (χ3v) is 8.06. The Kier molecular flexibility index (Phi) is 7.99. The van der Waals surface area contributed by atoms with Crippen molar-refractivity contribution in [1.29, 1.82) is 0 Å². The number of benzene rings is 1. The molecule has 3 aromatic heterocycles. The summed E-state index contributed by atoms with van der Waals surface area (Å²) in [6, 6.07) is 9.43. The second-order valence-corrected chi connectivity index (χ2v) is 10.3. The first kappa shape index (κ1) is 26.5. The molecule has 10 nitrogen and oxygen atoms in total. The van der Waals surface area contributed by atoms with Gasteiger partial charge < -0.3 is 5.11 Å². The van der Waals surface area contributed by atoms with Crippen molar-refractivity contribution in [3.8, 4) is 22.5 Å². The largest absolute Gasteiger partial charge is 0.481 e. The molecule has 1 aliphatic carbocycles. The lowest BCUT2D eigenvalue weighted by molar-refractivity contribution is -0.145. The molecule has 0 saturated heterocycles. The average Bonchev–Trinajstić information content (AvgIpc) is 3.60. The van der Waals surface area contributed by atoms with Crippen LogP contribution in [-0.2, 0) is 17.8 Å². The van der Waals surface area contributed by atoms with Gasteiger partial charge in [0, 0.05) is 29.8 Å². The first-order chi connectivity index (χ1) is 19.0. The Morgan fingerprint density at radius 3 is 2.67 bits per heavy atom. The predicted molar refractivity (Wildman–Crippen MR) is 147 cm³/mol. The van der Waals surface area contributed by atoms with E-state index in [1.807, 2.05) is 41.1 Å². The van der Waals surface area contributed by atoms with E-state index in [-0.39, 0.29) is 17.6 Å². The number of imidazole rings is 1. The van der Waals surface area contributed by atoms with Crippen molar-refractivity contribution < 1.29 is 9.90 Å². The summed E-state index contributed by atoms with van der Waals surface area (Å²) < 4.78 is 3.55. The minimum absolute atomic E-state index is 0.154. The van der Waals surface area contributed by atoms with E-state index < -0.39 is 11.9 Å². The van der Waals surface area contributed by atoms with Crippen molar-refractivity contribution in [3.05, 3.63) is 70.7 Å². The van der Waals surface area contributed by atoms with Gasteiger partial charge in [-0.2, -0.15) is 5.21 Å². The number of unbranched alkanes of at least 4 members (excludes halogenated alkanes) is 1. The molecule has 1 aliphatic rings. The SMILES string of the molecule is CCCCc1cn(C2C(CC)CCCC2C(=O)O)c(=O)n1Cc1cnccc1-c1ccccc1-c1nn[nH]n1. The molecule has 0 radical (unpaired) electrons. The number of hydrogen-bond acceptors (Lipinski definition) is 6. The summed E-state index contributed by atoms with van der Waals surface area (Å²) in [5.41, 5.74) is 4.33. The number of aromatic amines is 1. The van der Waals surface area contributed by atoms with Crippen molar-refractivity contribution in [2.24, 2.45) is 11.8 Å². The second kappa shape index (κ2) is 11.8. The van der Waals surface area contributed by atoms with Crippen LogP contribution in [0.3, 0.4) is 0 Å². The molecule has 5 rings (SSSR count). The van der Waals surface area contributed by atoms with Gasteiger partial charge in [-0.3, -0.25) is 18.9 Å². The summed E-state index contributed by atoms with van der Waals surface area (Å²) in [5.74, 6) is -0.737. The number of hydrogen-bond donors (Lipinski definition) is 2. The van der Waals surface area contributed by atoms with Crippen LogP contribution in [0.2, 0.25) is 0 Å². The number of carbonyl (C=O) groups is 1. The molecule has 39 heavy (non-hydrogen) atoms.